The second-order valence-corrected chi connectivity index (χ2v) is 7.15. The van der Waals surface area contributed by atoms with Crippen molar-refractivity contribution >= 4 is 17.4 Å². The van der Waals surface area contributed by atoms with Gasteiger partial charge in [-0.25, -0.2) is 0 Å². The summed E-state index contributed by atoms with van der Waals surface area (Å²) >= 11 is 0. The third-order valence-corrected chi connectivity index (χ3v) is 5.20. The van der Waals surface area contributed by atoms with E-state index in [4.69, 9.17) is 4.74 Å². The van der Waals surface area contributed by atoms with E-state index in [1.165, 1.54) is 4.90 Å². The Morgan fingerprint density at radius 3 is 2.32 bits per heavy atom. The summed E-state index contributed by atoms with van der Waals surface area (Å²) in [5, 5.41) is 11.1. The van der Waals surface area contributed by atoms with E-state index in [-0.39, 0.29) is 17.9 Å². The molecule has 0 aliphatic carbocycles. The van der Waals surface area contributed by atoms with Gasteiger partial charge in [0.05, 0.1) is 18.2 Å². The average molecular weight is 414 g/mol. The van der Waals surface area contributed by atoms with Crippen LogP contribution in [0, 0.1) is 0 Å². The van der Waals surface area contributed by atoms with Gasteiger partial charge in [-0.3, -0.25) is 14.6 Å². The highest BCUT2D eigenvalue weighted by molar-refractivity contribution is 6.46. The van der Waals surface area contributed by atoms with E-state index < -0.39 is 17.7 Å². The number of amides is 1. The third kappa shape index (κ3) is 4.05. The van der Waals surface area contributed by atoms with E-state index in [1.54, 1.807) is 48.8 Å². The van der Waals surface area contributed by atoms with Crippen LogP contribution in [0.3, 0.4) is 0 Å². The molecule has 156 valence electrons. The van der Waals surface area contributed by atoms with Crippen molar-refractivity contribution in [3.63, 3.8) is 0 Å². The molecule has 31 heavy (non-hydrogen) atoms. The first-order valence-electron chi connectivity index (χ1n) is 10.1. The molecule has 1 saturated heterocycles. The fourth-order valence-corrected chi connectivity index (χ4v) is 3.74. The Hall–Kier alpha value is -3.93. The number of likely N-dealkylation sites (tertiary alicyclic amines) is 1. The van der Waals surface area contributed by atoms with Gasteiger partial charge >= 0.3 is 0 Å². The summed E-state index contributed by atoms with van der Waals surface area (Å²) < 4.78 is 5.45. The number of benzene rings is 2. The number of carbonyl (C=O) groups is 2. The van der Waals surface area contributed by atoms with Gasteiger partial charge in [0, 0.05) is 24.5 Å². The maximum atomic E-state index is 13.0. The van der Waals surface area contributed by atoms with Crippen molar-refractivity contribution in [2.24, 2.45) is 0 Å². The lowest BCUT2D eigenvalue weighted by Crippen LogP contribution is -2.29. The monoisotopic (exact) mass is 414 g/mol. The number of hydrogen-bond donors (Lipinski definition) is 1. The molecule has 1 aliphatic rings. The molecule has 0 saturated carbocycles. The number of pyridine rings is 1. The molecular formula is C25H22N2O4. The number of ether oxygens (including phenoxy) is 1. The highest BCUT2D eigenvalue weighted by atomic mass is 16.5. The normalized spacial score (nSPS) is 17.7. The number of hydrogen-bond acceptors (Lipinski definition) is 5. The molecule has 6 heteroatoms. The predicted molar refractivity (Wildman–Crippen MR) is 116 cm³/mol. The largest absolute Gasteiger partial charge is 0.507 e. The molecule has 0 bridgehead atoms. The van der Waals surface area contributed by atoms with Crippen LogP contribution in [0.25, 0.3) is 5.76 Å². The molecule has 1 fully saturated rings. The van der Waals surface area contributed by atoms with Gasteiger partial charge in [0.1, 0.15) is 11.5 Å². The van der Waals surface area contributed by atoms with Gasteiger partial charge in [0.2, 0.25) is 0 Å². The van der Waals surface area contributed by atoms with Gasteiger partial charge in [-0.2, -0.15) is 0 Å². The lowest BCUT2D eigenvalue weighted by atomic mass is 9.95. The van der Waals surface area contributed by atoms with Crippen molar-refractivity contribution in [3.8, 4) is 5.75 Å². The van der Waals surface area contributed by atoms with Crippen LogP contribution in [0.1, 0.15) is 29.7 Å². The average Bonchev–Trinajstić information content (AvgIpc) is 3.05. The first-order chi connectivity index (χ1) is 15.1. The van der Waals surface area contributed by atoms with Gasteiger partial charge in [0.15, 0.2) is 0 Å². The molecule has 2 heterocycles. The number of rotatable bonds is 6. The third-order valence-electron chi connectivity index (χ3n) is 5.20. The minimum Gasteiger partial charge on any atom is -0.507 e. The van der Waals surface area contributed by atoms with Crippen LogP contribution >= 0.6 is 0 Å². The Labute approximate surface area is 180 Å². The molecule has 1 unspecified atom stereocenters. The molecule has 0 spiro atoms. The van der Waals surface area contributed by atoms with Gasteiger partial charge in [-0.05, 0) is 54.4 Å². The van der Waals surface area contributed by atoms with E-state index in [0.29, 0.717) is 17.9 Å². The molecule has 1 aromatic heterocycles. The summed E-state index contributed by atoms with van der Waals surface area (Å²) in [6, 6.07) is 19.0. The van der Waals surface area contributed by atoms with Crippen LogP contribution in [0.2, 0.25) is 0 Å². The summed E-state index contributed by atoms with van der Waals surface area (Å²) in [6.07, 6.45) is 3.28. The standard InChI is InChI=1S/C25H22N2O4/c1-2-31-20-10-8-19(9-11-20)23(28)21-22(18-6-4-3-5-7-18)27(25(30)24(21)29)16-17-12-14-26-15-13-17/h3-15,22,28H,2,16H2,1H3/b23-21+. The van der Waals surface area contributed by atoms with Crippen molar-refractivity contribution in [1.82, 2.24) is 9.88 Å². The Morgan fingerprint density at radius 2 is 1.68 bits per heavy atom. The summed E-state index contributed by atoms with van der Waals surface area (Å²) in [5.41, 5.74) is 2.13. The molecule has 2 aromatic carbocycles. The molecule has 1 aliphatic heterocycles. The highest BCUT2D eigenvalue weighted by Gasteiger charge is 2.45. The van der Waals surface area contributed by atoms with E-state index in [0.717, 1.165) is 11.1 Å². The first-order valence-corrected chi connectivity index (χ1v) is 10.1. The summed E-state index contributed by atoms with van der Waals surface area (Å²) in [6.45, 7) is 2.64. The van der Waals surface area contributed by atoms with Crippen molar-refractivity contribution in [3.05, 3.63) is 101 Å². The molecule has 1 atom stereocenters. The first kappa shape index (κ1) is 20.3. The minimum absolute atomic E-state index is 0.0782. The van der Waals surface area contributed by atoms with E-state index in [2.05, 4.69) is 4.98 Å². The Kier molecular flexibility index (Phi) is 5.80. The van der Waals surface area contributed by atoms with Crippen molar-refractivity contribution in [1.29, 1.82) is 0 Å². The number of ketones is 1. The second kappa shape index (κ2) is 8.83. The number of nitrogens with zero attached hydrogens (tertiary/aromatic N) is 2. The number of Topliss-reactive ketones (excluding diaryl/α,β-unsaturated/α-hetero) is 1. The molecule has 6 nitrogen and oxygen atoms in total. The zero-order valence-corrected chi connectivity index (χ0v) is 17.1. The van der Waals surface area contributed by atoms with Crippen LogP contribution in [-0.2, 0) is 16.1 Å². The van der Waals surface area contributed by atoms with E-state index in [1.807, 2.05) is 37.3 Å². The summed E-state index contributed by atoms with van der Waals surface area (Å²) in [5.74, 6) is -0.878. The fourth-order valence-electron chi connectivity index (χ4n) is 3.74. The quantitative estimate of drug-likeness (QED) is 0.373. The Balaban J connectivity index is 1.80. The zero-order chi connectivity index (χ0) is 21.8. The van der Waals surface area contributed by atoms with Gasteiger partial charge < -0.3 is 14.7 Å². The number of aliphatic hydroxyl groups excluding tert-OH is 1. The van der Waals surface area contributed by atoms with Crippen molar-refractivity contribution in [2.75, 3.05) is 6.61 Å². The second-order valence-electron chi connectivity index (χ2n) is 7.15. The van der Waals surface area contributed by atoms with E-state index in [9.17, 15) is 14.7 Å². The molecule has 0 radical (unpaired) electrons. The number of carbonyl (C=O) groups excluding carboxylic acids is 2. The number of aliphatic hydroxyl groups is 1. The molecule has 1 N–H and O–H groups in total. The van der Waals surface area contributed by atoms with Crippen LogP contribution in [0.5, 0.6) is 5.75 Å². The molecular weight excluding hydrogens is 392 g/mol. The maximum Gasteiger partial charge on any atom is 0.295 e. The van der Waals surface area contributed by atoms with Crippen molar-refractivity contribution in [2.45, 2.75) is 19.5 Å². The fraction of sp³-hybridized carbons (Fsp3) is 0.160. The topological polar surface area (TPSA) is 79.7 Å². The molecule has 1 amide bonds. The molecule has 3 aromatic rings. The summed E-state index contributed by atoms with van der Waals surface area (Å²) in [7, 11) is 0. The SMILES string of the molecule is CCOc1ccc(/C(O)=C2\C(=O)C(=O)N(Cc3ccncc3)C2c2ccccc2)cc1. The molecule has 4 rings (SSSR count). The van der Waals surface area contributed by atoms with Gasteiger partial charge in [0.25, 0.3) is 11.7 Å². The zero-order valence-electron chi connectivity index (χ0n) is 17.1. The van der Waals surface area contributed by atoms with Crippen LogP contribution in [0.4, 0.5) is 0 Å². The van der Waals surface area contributed by atoms with Crippen LogP contribution in [0.15, 0.2) is 84.7 Å². The Morgan fingerprint density at radius 1 is 1.00 bits per heavy atom. The van der Waals surface area contributed by atoms with Gasteiger partial charge in [-0.1, -0.05) is 30.3 Å². The lowest BCUT2D eigenvalue weighted by molar-refractivity contribution is -0.140. The van der Waals surface area contributed by atoms with Crippen LogP contribution < -0.4 is 4.74 Å². The number of aromatic nitrogens is 1. The lowest BCUT2D eigenvalue weighted by Gasteiger charge is -2.25. The summed E-state index contributed by atoms with van der Waals surface area (Å²) in [4.78, 5) is 31.5. The highest BCUT2D eigenvalue weighted by Crippen LogP contribution is 2.40. The van der Waals surface area contributed by atoms with Crippen LogP contribution in [-0.4, -0.2) is 33.3 Å². The maximum absolute atomic E-state index is 13.0. The van der Waals surface area contributed by atoms with Gasteiger partial charge in [-0.15, -0.1) is 0 Å². The van der Waals surface area contributed by atoms with Crippen molar-refractivity contribution < 1.29 is 19.4 Å². The minimum atomic E-state index is -0.700. The Bertz CT molecular complexity index is 1110. The smallest absolute Gasteiger partial charge is 0.295 e. The van der Waals surface area contributed by atoms with E-state index >= 15 is 0 Å². The predicted octanol–water partition coefficient (Wildman–Crippen LogP) is 4.10.